The summed E-state index contributed by atoms with van der Waals surface area (Å²) < 4.78 is 0. The number of rotatable bonds is 3. The van der Waals surface area contributed by atoms with Crippen LogP contribution in [0, 0.1) is 5.92 Å². The lowest BCUT2D eigenvalue weighted by Gasteiger charge is -2.39. The highest BCUT2D eigenvalue weighted by atomic mass is 16.3. The number of aromatic nitrogens is 2. The molecule has 0 spiro atoms. The van der Waals surface area contributed by atoms with Crippen molar-refractivity contribution < 1.29 is 5.11 Å². The van der Waals surface area contributed by atoms with Crippen molar-refractivity contribution in [1.82, 2.24) is 9.97 Å². The zero-order valence-electron chi connectivity index (χ0n) is 12.3. The number of nitrogens with two attached hydrogens (primary N) is 1. The van der Waals surface area contributed by atoms with Gasteiger partial charge in [0.05, 0.1) is 17.7 Å². The first-order valence-corrected chi connectivity index (χ1v) is 7.51. The number of nitrogen functional groups attached to an aromatic ring is 1. The number of benzene rings is 1. The number of aliphatic hydroxyl groups is 1. The van der Waals surface area contributed by atoms with E-state index in [2.05, 4.69) is 22.2 Å². The van der Waals surface area contributed by atoms with Crippen molar-refractivity contribution in [2.24, 2.45) is 5.92 Å². The van der Waals surface area contributed by atoms with Crippen LogP contribution in [0.3, 0.4) is 0 Å². The number of nitrogens with one attached hydrogen (secondary N) is 1. The largest absolute Gasteiger partial charge is 0.399 e. The normalized spacial score (nSPS) is 25.9. The Morgan fingerprint density at radius 3 is 2.81 bits per heavy atom. The number of fused-ring (bicyclic) bond motifs is 1. The molecule has 0 atom stereocenters. The maximum Gasteiger partial charge on any atom is 0.137 e. The molecule has 2 aromatic rings. The molecule has 1 saturated carbocycles. The molecule has 4 N–H and O–H groups in total. The van der Waals surface area contributed by atoms with E-state index in [0.717, 1.165) is 48.3 Å². The molecule has 21 heavy (non-hydrogen) atoms. The lowest BCUT2D eigenvalue weighted by atomic mass is 9.77. The van der Waals surface area contributed by atoms with Crippen molar-refractivity contribution in [3.8, 4) is 0 Å². The third-order valence-corrected chi connectivity index (χ3v) is 4.58. The van der Waals surface area contributed by atoms with E-state index in [1.165, 1.54) is 0 Å². The molecule has 0 amide bonds. The average molecular weight is 286 g/mol. The number of hydrogen-bond acceptors (Lipinski definition) is 5. The van der Waals surface area contributed by atoms with Crippen LogP contribution in [0.4, 0.5) is 11.5 Å². The van der Waals surface area contributed by atoms with Gasteiger partial charge in [-0.1, -0.05) is 6.92 Å². The van der Waals surface area contributed by atoms with E-state index < -0.39 is 0 Å². The fourth-order valence-electron chi connectivity index (χ4n) is 3.06. The van der Waals surface area contributed by atoms with Crippen molar-refractivity contribution in [3.05, 3.63) is 24.5 Å². The summed E-state index contributed by atoms with van der Waals surface area (Å²) in [4.78, 5) is 8.63. The summed E-state index contributed by atoms with van der Waals surface area (Å²) >= 11 is 0. The van der Waals surface area contributed by atoms with Crippen molar-refractivity contribution >= 4 is 22.4 Å². The summed E-state index contributed by atoms with van der Waals surface area (Å²) in [6.07, 6.45) is 5.71. The molecule has 0 radical (unpaired) electrons. The van der Waals surface area contributed by atoms with Gasteiger partial charge in [0.25, 0.3) is 0 Å². The molecule has 1 heterocycles. The molecule has 112 valence electrons. The van der Waals surface area contributed by atoms with Crippen LogP contribution in [-0.4, -0.2) is 27.2 Å². The molecular weight excluding hydrogens is 264 g/mol. The molecule has 3 rings (SSSR count). The second kappa shape index (κ2) is 5.48. The molecule has 0 saturated heterocycles. The third kappa shape index (κ3) is 2.78. The molecule has 5 nitrogen and oxygen atoms in total. The summed E-state index contributed by atoms with van der Waals surface area (Å²) in [7, 11) is 0. The first-order chi connectivity index (χ1) is 10.1. The summed E-state index contributed by atoms with van der Waals surface area (Å²) in [5, 5.41) is 14.3. The number of nitrogens with zero attached hydrogens (tertiary/aromatic N) is 2. The topological polar surface area (TPSA) is 84.1 Å². The fraction of sp³-hybridized carbons (Fsp3) is 0.500. The smallest absolute Gasteiger partial charge is 0.137 e. The van der Waals surface area contributed by atoms with Gasteiger partial charge in [0.1, 0.15) is 12.1 Å². The Balaban J connectivity index is 1.95. The minimum atomic E-state index is -0.279. The molecule has 1 aromatic heterocycles. The van der Waals surface area contributed by atoms with Crippen molar-refractivity contribution in [3.63, 3.8) is 0 Å². The Kier molecular flexibility index (Phi) is 3.68. The zero-order valence-corrected chi connectivity index (χ0v) is 12.3. The lowest BCUT2D eigenvalue weighted by molar-refractivity contribution is 0.155. The van der Waals surface area contributed by atoms with E-state index in [1.54, 1.807) is 6.33 Å². The van der Waals surface area contributed by atoms with Gasteiger partial charge >= 0.3 is 0 Å². The lowest BCUT2D eigenvalue weighted by Crippen LogP contribution is -2.45. The molecule has 0 unspecified atom stereocenters. The molecule has 1 aliphatic carbocycles. The molecule has 1 aromatic carbocycles. The SMILES string of the molecule is CC1CCC(CO)(Nc2ncnc3ccc(N)cc23)CC1. The molecule has 5 heteroatoms. The predicted molar refractivity (Wildman–Crippen MR) is 85.0 cm³/mol. The van der Waals surface area contributed by atoms with Gasteiger partial charge in [-0.3, -0.25) is 0 Å². The van der Waals surface area contributed by atoms with E-state index >= 15 is 0 Å². The maximum absolute atomic E-state index is 9.89. The monoisotopic (exact) mass is 286 g/mol. The Hall–Kier alpha value is -1.88. The molecule has 0 aliphatic heterocycles. The van der Waals surface area contributed by atoms with Gasteiger partial charge in [0.2, 0.25) is 0 Å². The standard InChI is InChI=1S/C16H22N4O/c1-11-4-6-16(9-21,7-5-11)20-15-13-8-12(17)2-3-14(13)18-10-19-15/h2-3,8,10-11,21H,4-7,9,17H2,1H3,(H,18,19,20). The summed E-state index contributed by atoms with van der Waals surface area (Å²) in [6, 6.07) is 5.61. The van der Waals surface area contributed by atoms with E-state index in [9.17, 15) is 5.11 Å². The minimum absolute atomic E-state index is 0.119. The number of aliphatic hydroxyl groups excluding tert-OH is 1. The number of anilines is 2. The highest BCUT2D eigenvalue weighted by Gasteiger charge is 2.34. The molecule has 0 bridgehead atoms. The highest BCUT2D eigenvalue weighted by molar-refractivity contribution is 5.91. The van der Waals surface area contributed by atoms with Gasteiger partial charge in [0.15, 0.2) is 0 Å². The van der Waals surface area contributed by atoms with Crippen LogP contribution >= 0.6 is 0 Å². The van der Waals surface area contributed by atoms with Crippen molar-refractivity contribution in [2.45, 2.75) is 38.1 Å². The van der Waals surface area contributed by atoms with Crippen molar-refractivity contribution in [2.75, 3.05) is 17.7 Å². The van der Waals surface area contributed by atoms with Crippen LogP contribution in [0.5, 0.6) is 0 Å². The summed E-state index contributed by atoms with van der Waals surface area (Å²) in [6.45, 7) is 2.38. The Morgan fingerprint density at radius 2 is 2.10 bits per heavy atom. The second-order valence-electron chi connectivity index (χ2n) is 6.24. The van der Waals surface area contributed by atoms with Crippen molar-refractivity contribution in [1.29, 1.82) is 0 Å². The zero-order chi connectivity index (χ0) is 14.9. The Morgan fingerprint density at radius 1 is 1.33 bits per heavy atom. The van der Waals surface area contributed by atoms with Gasteiger partial charge in [-0.15, -0.1) is 0 Å². The predicted octanol–water partition coefficient (Wildman–Crippen LogP) is 2.57. The van der Waals surface area contributed by atoms with Gasteiger partial charge < -0.3 is 16.2 Å². The minimum Gasteiger partial charge on any atom is -0.399 e. The van der Waals surface area contributed by atoms with E-state index in [4.69, 9.17) is 5.73 Å². The number of hydrogen-bond donors (Lipinski definition) is 3. The van der Waals surface area contributed by atoms with Gasteiger partial charge in [-0.05, 0) is 49.8 Å². The summed E-state index contributed by atoms with van der Waals surface area (Å²) in [5.41, 5.74) is 7.15. The second-order valence-corrected chi connectivity index (χ2v) is 6.24. The van der Waals surface area contributed by atoms with Gasteiger partial charge in [0, 0.05) is 11.1 Å². The molecule has 1 aliphatic rings. The third-order valence-electron chi connectivity index (χ3n) is 4.58. The molecule has 1 fully saturated rings. The summed E-state index contributed by atoms with van der Waals surface area (Å²) in [5.74, 6) is 1.49. The maximum atomic E-state index is 9.89. The van der Waals surface area contributed by atoms with Gasteiger partial charge in [-0.2, -0.15) is 0 Å². The average Bonchev–Trinajstić information content (AvgIpc) is 2.50. The highest BCUT2D eigenvalue weighted by Crippen LogP contribution is 2.35. The molecular formula is C16H22N4O. The van der Waals surface area contributed by atoms with Crippen LogP contribution < -0.4 is 11.1 Å². The van der Waals surface area contributed by atoms with Crippen LogP contribution in [0.1, 0.15) is 32.6 Å². The first-order valence-electron chi connectivity index (χ1n) is 7.51. The van der Waals surface area contributed by atoms with Crippen LogP contribution in [-0.2, 0) is 0 Å². The van der Waals surface area contributed by atoms with Crippen LogP contribution in [0.15, 0.2) is 24.5 Å². The van der Waals surface area contributed by atoms with E-state index in [-0.39, 0.29) is 12.1 Å². The Labute approximate surface area is 124 Å². The Bertz CT molecular complexity index is 635. The van der Waals surface area contributed by atoms with Gasteiger partial charge in [-0.25, -0.2) is 9.97 Å². The fourth-order valence-corrected chi connectivity index (χ4v) is 3.06. The van der Waals surface area contributed by atoms with Crippen LogP contribution in [0.25, 0.3) is 10.9 Å². The first kappa shape index (κ1) is 14.1. The van der Waals surface area contributed by atoms with Crippen LogP contribution in [0.2, 0.25) is 0 Å². The quantitative estimate of drug-likeness (QED) is 0.755. The van der Waals surface area contributed by atoms with E-state index in [0.29, 0.717) is 5.69 Å². The van der Waals surface area contributed by atoms with E-state index in [1.807, 2.05) is 18.2 Å².